The summed E-state index contributed by atoms with van der Waals surface area (Å²) < 4.78 is 5.55. The van der Waals surface area contributed by atoms with Crippen molar-refractivity contribution in [2.75, 3.05) is 19.7 Å². The molecule has 3 unspecified atom stereocenters. The quantitative estimate of drug-likeness (QED) is 0.676. The molecule has 2 aromatic rings. The molecule has 2 aromatic carbocycles. The van der Waals surface area contributed by atoms with Crippen LogP contribution in [0.1, 0.15) is 49.1 Å². The normalized spacial score (nSPS) is 21.8. The lowest BCUT2D eigenvalue weighted by molar-refractivity contribution is -0.142. The van der Waals surface area contributed by atoms with E-state index >= 15 is 0 Å². The van der Waals surface area contributed by atoms with Gasteiger partial charge < -0.3 is 20.1 Å². The van der Waals surface area contributed by atoms with Gasteiger partial charge in [-0.3, -0.25) is 9.59 Å². The Balaban J connectivity index is 1.24. The number of amides is 2. The molecule has 7 nitrogen and oxygen atoms in total. The molecule has 178 valence electrons. The lowest BCUT2D eigenvalue weighted by atomic mass is 9.82. The molecule has 3 atom stereocenters. The van der Waals surface area contributed by atoms with Crippen molar-refractivity contribution in [1.29, 1.82) is 0 Å². The highest BCUT2D eigenvalue weighted by atomic mass is 16.5. The zero-order valence-electron chi connectivity index (χ0n) is 19.1. The second-order valence-electron chi connectivity index (χ2n) is 9.67. The number of nitrogens with zero attached hydrogens (tertiary/aromatic N) is 1. The number of ether oxygens (including phenoxy) is 1. The number of aliphatic carboxylic acids is 1. The third-order valence-corrected chi connectivity index (χ3v) is 7.60. The summed E-state index contributed by atoms with van der Waals surface area (Å²) in [5.74, 6) is -0.594. The number of benzene rings is 2. The monoisotopic (exact) mass is 462 g/mol. The second kappa shape index (κ2) is 9.49. The summed E-state index contributed by atoms with van der Waals surface area (Å²) in [5.41, 5.74) is 4.44. The van der Waals surface area contributed by atoms with Crippen LogP contribution in [0.25, 0.3) is 11.1 Å². The van der Waals surface area contributed by atoms with Gasteiger partial charge in [0, 0.05) is 19.0 Å². The molecule has 3 aliphatic rings. The Bertz CT molecular complexity index is 1040. The Morgan fingerprint density at radius 3 is 2.06 bits per heavy atom. The van der Waals surface area contributed by atoms with Crippen LogP contribution in [0.3, 0.4) is 0 Å². The first-order valence-corrected chi connectivity index (χ1v) is 12.1. The minimum Gasteiger partial charge on any atom is -0.481 e. The van der Waals surface area contributed by atoms with Crippen LogP contribution in [0.15, 0.2) is 48.5 Å². The van der Waals surface area contributed by atoms with E-state index in [9.17, 15) is 19.5 Å². The molecule has 7 heteroatoms. The lowest BCUT2D eigenvalue weighted by Gasteiger charge is -2.23. The number of carboxylic acid groups (broad SMARTS) is 1. The molecule has 0 spiro atoms. The highest BCUT2D eigenvalue weighted by molar-refractivity contribution is 5.89. The van der Waals surface area contributed by atoms with E-state index in [1.807, 2.05) is 36.4 Å². The number of likely N-dealkylation sites (tertiary alicyclic amines) is 1. The van der Waals surface area contributed by atoms with Crippen molar-refractivity contribution in [3.8, 4) is 11.1 Å². The molecule has 2 amide bonds. The average molecular weight is 463 g/mol. The average Bonchev–Trinajstić information content (AvgIpc) is 3.41. The van der Waals surface area contributed by atoms with Crippen LogP contribution in [0, 0.1) is 11.8 Å². The molecule has 2 aliphatic carbocycles. The molecule has 1 heterocycles. The SMILES string of the molecule is O=C(O)CC(NC(=O)OCC1c2ccccc2-c2ccccc21)C(=O)N1CC2CCCCC2C1. The van der Waals surface area contributed by atoms with Crippen LogP contribution in [0.2, 0.25) is 0 Å². The molecule has 34 heavy (non-hydrogen) atoms. The molecule has 1 saturated carbocycles. The first kappa shape index (κ1) is 22.4. The van der Waals surface area contributed by atoms with E-state index in [0.29, 0.717) is 24.9 Å². The molecule has 0 aromatic heterocycles. The van der Waals surface area contributed by atoms with E-state index in [2.05, 4.69) is 17.4 Å². The summed E-state index contributed by atoms with van der Waals surface area (Å²) in [7, 11) is 0. The van der Waals surface area contributed by atoms with Gasteiger partial charge in [0.25, 0.3) is 0 Å². The first-order chi connectivity index (χ1) is 16.5. The van der Waals surface area contributed by atoms with Crippen molar-refractivity contribution in [2.45, 2.75) is 44.1 Å². The van der Waals surface area contributed by atoms with Crippen LogP contribution >= 0.6 is 0 Å². The summed E-state index contributed by atoms with van der Waals surface area (Å²) >= 11 is 0. The predicted octanol–water partition coefficient (Wildman–Crippen LogP) is 4.02. The predicted molar refractivity (Wildman–Crippen MR) is 126 cm³/mol. The topological polar surface area (TPSA) is 95.9 Å². The summed E-state index contributed by atoms with van der Waals surface area (Å²) in [6, 6.07) is 15.0. The van der Waals surface area contributed by atoms with E-state index < -0.39 is 24.5 Å². The number of hydrogen-bond acceptors (Lipinski definition) is 4. The van der Waals surface area contributed by atoms with E-state index in [1.54, 1.807) is 4.90 Å². The number of carbonyl (C=O) groups excluding carboxylic acids is 2. The molecular weight excluding hydrogens is 432 g/mol. The zero-order valence-corrected chi connectivity index (χ0v) is 19.1. The number of alkyl carbamates (subject to hydrolysis) is 1. The maximum atomic E-state index is 13.1. The fraction of sp³-hybridized carbons (Fsp3) is 0.444. The van der Waals surface area contributed by atoms with Gasteiger partial charge in [-0.15, -0.1) is 0 Å². The van der Waals surface area contributed by atoms with Gasteiger partial charge in [-0.2, -0.15) is 0 Å². The van der Waals surface area contributed by atoms with E-state index in [0.717, 1.165) is 35.1 Å². The van der Waals surface area contributed by atoms with Gasteiger partial charge in [-0.1, -0.05) is 61.4 Å². The summed E-state index contributed by atoms with van der Waals surface area (Å²) in [4.78, 5) is 39.0. The van der Waals surface area contributed by atoms with Gasteiger partial charge >= 0.3 is 12.1 Å². The zero-order chi connectivity index (χ0) is 23.7. The molecule has 1 aliphatic heterocycles. The molecule has 0 radical (unpaired) electrons. The third kappa shape index (κ3) is 4.39. The number of fused-ring (bicyclic) bond motifs is 4. The van der Waals surface area contributed by atoms with Gasteiger partial charge in [-0.25, -0.2) is 4.79 Å². The molecule has 5 rings (SSSR count). The standard InChI is InChI=1S/C27H30N2O5/c30-25(31)13-24(26(32)29-14-17-7-1-2-8-18(17)15-29)28-27(33)34-16-23-21-11-5-3-9-19(21)20-10-4-6-12-22(20)23/h3-6,9-12,17-18,23-24H,1-2,7-8,13-16H2,(H,28,33)(H,30,31). The van der Waals surface area contributed by atoms with Gasteiger partial charge in [0.2, 0.25) is 5.91 Å². The van der Waals surface area contributed by atoms with Crippen molar-refractivity contribution < 1.29 is 24.2 Å². The van der Waals surface area contributed by atoms with Gasteiger partial charge in [0.1, 0.15) is 12.6 Å². The second-order valence-corrected chi connectivity index (χ2v) is 9.67. The van der Waals surface area contributed by atoms with E-state index in [1.165, 1.54) is 12.8 Å². The summed E-state index contributed by atoms with van der Waals surface area (Å²) in [6.45, 7) is 1.40. The van der Waals surface area contributed by atoms with Crippen molar-refractivity contribution in [1.82, 2.24) is 10.2 Å². The van der Waals surface area contributed by atoms with Gasteiger partial charge in [0.15, 0.2) is 0 Å². The van der Waals surface area contributed by atoms with Crippen molar-refractivity contribution in [2.24, 2.45) is 11.8 Å². The Labute approximate surface area is 199 Å². The summed E-state index contributed by atoms with van der Waals surface area (Å²) in [5, 5.41) is 11.9. The maximum absolute atomic E-state index is 13.1. The minimum atomic E-state index is -1.13. The largest absolute Gasteiger partial charge is 0.481 e. The Morgan fingerprint density at radius 1 is 0.941 bits per heavy atom. The number of carbonyl (C=O) groups is 3. The lowest BCUT2D eigenvalue weighted by Crippen LogP contribution is -2.49. The molecule has 2 N–H and O–H groups in total. The maximum Gasteiger partial charge on any atom is 0.407 e. The molecule has 1 saturated heterocycles. The highest BCUT2D eigenvalue weighted by Crippen LogP contribution is 2.44. The van der Waals surface area contributed by atoms with Crippen molar-refractivity contribution >= 4 is 18.0 Å². The summed E-state index contributed by atoms with van der Waals surface area (Å²) in [6.07, 6.45) is 3.35. The van der Waals surface area contributed by atoms with Crippen LogP contribution in [0.5, 0.6) is 0 Å². The van der Waals surface area contributed by atoms with Crippen LogP contribution in [0.4, 0.5) is 4.79 Å². The Hall–Kier alpha value is -3.35. The van der Waals surface area contributed by atoms with Crippen LogP contribution in [-0.4, -0.2) is 53.7 Å². The fourth-order valence-corrected chi connectivity index (χ4v) is 5.96. The molecule has 2 fully saturated rings. The third-order valence-electron chi connectivity index (χ3n) is 7.60. The number of nitrogens with one attached hydrogen (secondary N) is 1. The van der Waals surface area contributed by atoms with Gasteiger partial charge in [0.05, 0.1) is 6.42 Å². The number of rotatable bonds is 6. The van der Waals surface area contributed by atoms with Crippen LogP contribution in [-0.2, 0) is 14.3 Å². The first-order valence-electron chi connectivity index (χ1n) is 12.1. The van der Waals surface area contributed by atoms with E-state index in [4.69, 9.17) is 4.74 Å². The van der Waals surface area contributed by atoms with Crippen molar-refractivity contribution in [3.05, 3.63) is 59.7 Å². The van der Waals surface area contributed by atoms with E-state index in [-0.39, 0.29) is 18.4 Å². The Kier molecular flexibility index (Phi) is 6.26. The highest BCUT2D eigenvalue weighted by Gasteiger charge is 2.39. The fourth-order valence-electron chi connectivity index (χ4n) is 5.96. The van der Waals surface area contributed by atoms with Crippen LogP contribution < -0.4 is 5.32 Å². The Morgan fingerprint density at radius 2 is 1.50 bits per heavy atom. The smallest absolute Gasteiger partial charge is 0.407 e. The minimum absolute atomic E-state index is 0.103. The molecular formula is C27H30N2O5. The molecule has 0 bridgehead atoms. The van der Waals surface area contributed by atoms with Gasteiger partial charge in [-0.05, 0) is 46.9 Å². The number of carboxylic acids is 1. The van der Waals surface area contributed by atoms with Crippen molar-refractivity contribution in [3.63, 3.8) is 0 Å². The number of hydrogen-bond donors (Lipinski definition) is 2.